The van der Waals surface area contributed by atoms with Crippen molar-refractivity contribution in [3.8, 4) is 5.75 Å². The van der Waals surface area contributed by atoms with E-state index in [0.29, 0.717) is 36.1 Å². The fourth-order valence-electron chi connectivity index (χ4n) is 3.04. The second kappa shape index (κ2) is 6.61. The Labute approximate surface area is 146 Å². The maximum atomic E-state index is 12.7. The molecule has 0 radical (unpaired) electrons. The molecular formula is C17H22ClN3O3. The predicted molar refractivity (Wildman–Crippen MR) is 92.6 cm³/mol. The largest absolute Gasteiger partial charge is 0.476 e. The lowest BCUT2D eigenvalue weighted by atomic mass is 10.0. The highest BCUT2D eigenvalue weighted by atomic mass is 35.5. The van der Waals surface area contributed by atoms with Crippen LogP contribution in [-0.2, 0) is 9.59 Å². The molecule has 0 spiro atoms. The topological polar surface area (TPSA) is 61.9 Å². The molecule has 1 saturated heterocycles. The molecule has 0 bridgehead atoms. The van der Waals surface area contributed by atoms with Crippen molar-refractivity contribution in [2.75, 3.05) is 37.6 Å². The number of anilines is 1. The van der Waals surface area contributed by atoms with Gasteiger partial charge in [0.25, 0.3) is 5.91 Å². The van der Waals surface area contributed by atoms with E-state index in [0.717, 1.165) is 13.1 Å². The van der Waals surface area contributed by atoms with Crippen LogP contribution in [0, 0.1) is 0 Å². The molecule has 2 amide bonds. The Morgan fingerprint density at radius 3 is 2.75 bits per heavy atom. The van der Waals surface area contributed by atoms with E-state index in [1.165, 1.54) is 0 Å². The Hall–Kier alpha value is -1.79. The molecule has 0 atom stereocenters. The van der Waals surface area contributed by atoms with E-state index in [-0.39, 0.29) is 18.2 Å². The molecule has 1 aromatic rings. The quantitative estimate of drug-likeness (QED) is 0.899. The van der Waals surface area contributed by atoms with E-state index in [2.05, 4.69) is 5.32 Å². The molecule has 2 aliphatic heterocycles. The van der Waals surface area contributed by atoms with Crippen molar-refractivity contribution in [2.45, 2.75) is 25.9 Å². The highest BCUT2D eigenvalue weighted by molar-refractivity contribution is 6.31. The maximum absolute atomic E-state index is 12.7. The fraction of sp³-hybridized carbons (Fsp3) is 0.529. The van der Waals surface area contributed by atoms with Crippen LogP contribution in [0.25, 0.3) is 0 Å². The monoisotopic (exact) mass is 351 g/mol. The van der Waals surface area contributed by atoms with E-state index in [1.807, 2.05) is 4.90 Å². The molecule has 3 rings (SSSR count). The SMILES string of the molecule is CC1(C)Oc2ccc(Cl)cc2N(CCC(=O)N2CCNCC2)C1=O. The van der Waals surface area contributed by atoms with Gasteiger partial charge in [-0.25, -0.2) is 0 Å². The van der Waals surface area contributed by atoms with Gasteiger partial charge in [-0.05, 0) is 32.0 Å². The summed E-state index contributed by atoms with van der Waals surface area (Å²) in [6.45, 7) is 6.84. The molecule has 7 heteroatoms. The Bertz CT molecular complexity index is 656. The van der Waals surface area contributed by atoms with Crippen molar-refractivity contribution in [3.63, 3.8) is 0 Å². The predicted octanol–water partition coefficient (Wildman–Crippen LogP) is 1.67. The number of rotatable bonds is 3. The summed E-state index contributed by atoms with van der Waals surface area (Å²) in [6, 6.07) is 5.20. The van der Waals surface area contributed by atoms with E-state index in [1.54, 1.807) is 36.9 Å². The first-order chi connectivity index (χ1) is 11.4. The molecule has 0 unspecified atom stereocenters. The van der Waals surface area contributed by atoms with E-state index in [4.69, 9.17) is 16.3 Å². The minimum absolute atomic E-state index is 0.0668. The zero-order valence-electron chi connectivity index (χ0n) is 14.0. The zero-order valence-corrected chi connectivity index (χ0v) is 14.7. The minimum Gasteiger partial charge on any atom is -0.476 e. The number of fused-ring (bicyclic) bond motifs is 1. The highest BCUT2D eigenvalue weighted by Crippen LogP contribution is 2.39. The van der Waals surface area contributed by atoms with Gasteiger partial charge >= 0.3 is 0 Å². The number of amides is 2. The van der Waals surface area contributed by atoms with Gasteiger partial charge in [-0.2, -0.15) is 0 Å². The molecule has 2 aliphatic rings. The summed E-state index contributed by atoms with van der Waals surface area (Å²) in [4.78, 5) is 28.6. The van der Waals surface area contributed by atoms with Crippen molar-refractivity contribution in [1.82, 2.24) is 10.2 Å². The van der Waals surface area contributed by atoms with Gasteiger partial charge in [0.05, 0.1) is 5.69 Å². The average molecular weight is 352 g/mol. The van der Waals surface area contributed by atoms with E-state index >= 15 is 0 Å². The van der Waals surface area contributed by atoms with Crippen molar-refractivity contribution < 1.29 is 14.3 Å². The first-order valence-corrected chi connectivity index (χ1v) is 8.55. The van der Waals surface area contributed by atoms with Gasteiger partial charge in [0.15, 0.2) is 5.60 Å². The van der Waals surface area contributed by atoms with Crippen LogP contribution < -0.4 is 15.0 Å². The van der Waals surface area contributed by atoms with Gasteiger partial charge in [0.2, 0.25) is 5.91 Å². The smallest absolute Gasteiger partial charge is 0.270 e. The third-order valence-electron chi connectivity index (χ3n) is 4.36. The summed E-state index contributed by atoms with van der Waals surface area (Å²) < 4.78 is 5.79. The molecule has 6 nitrogen and oxygen atoms in total. The molecule has 0 saturated carbocycles. The molecule has 2 heterocycles. The number of benzene rings is 1. The molecule has 1 N–H and O–H groups in total. The van der Waals surface area contributed by atoms with Crippen LogP contribution in [-0.4, -0.2) is 55.0 Å². The summed E-state index contributed by atoms with van der Waals surface area (Å²) in [7, 11) is 0. The van der Waals surface area contributed by atoms with Crippen molar-refractivity contribution >= 4 is 29.1 Å². The van der Waals surface area contributed by atoms with Crippen LogP contribution >= 0.6 is 11.6 Å². The van der Waals surface area contributed by atoms with Crippen LogP contribution in [0.4, 0.5) is 5.69 Å². The minimum atomic E-state index is -0.959. The Balaban J connectivity index is 1.77. The van der Waals surface area contributed by atoms with Crippen LogP contribution in [0.5, 0.6) is 5.75 Å². The Kier molecular flexibility index (Phi) is 4.69. The molecule has 1 fully saturated rings. The number of carbonyl (C=O) groups excluding carboxylic acids is 2. The lowest BCUT2D eigenvalue weighted by Crippen LogP contribution is -2.53. The molecule has 0 aromatic heterocycles. The highest BCUT2D eigenvalue weighted by Gasteiger charge is 2.41. The Morgan fingerprint density at radius 1 is 1.33 bits per heavy atom. The normalized spacial score (nSPS) is 19.7. The Morgan fingerprint density at radius 2 is 2.04 bits per heavy atom. The summed E-state index contributed by atoms with van der Waals surface area (Å²) >= 11 is 6.07. The third kappa shape index (κ3) is 3.35. The number of hydrogen-bond acceptors (Lipinski definition) is 4. The van der Waals surface area contributed by atoms with Gasteiger partial charge in [-0.15, -0.1) is 0 Å². The van der Waals surface area contributed by atoms with Crippen LogP contribution in [0.15, 0.2) is 18.2 Å². The summed E-state index contributed by atoms with van der Waals surface area (Å²) in [5, 5.41) is 3.75. The number of carbonyl (C=O) groups is 2. The van der Waals surface area contributed by atoms with Gasteiger partial charge in [0, 0.05) is 44.2 Å². The molecule has 130 valence electrons. The molecule has 1 aromatic carbocycles. The fourth-order valence-corrected chi connectivity index (χ4v) is 3.21. The molecular weight excluding hydrogens is 330 g/mol. The maximum Gasteiger partial charge on any atom is 0.270 e. The second-order valence-corrected chi connectivity index (χ2v) is 7.00. The summed E-state index contributed by atoms with van der Waals surface area (Å²) in [5.74, 6) is 0.515. The number of piperazine rings is 1. The van der Waals surface area contributed by atoms with Crippen LogP contribution in [0.1, 0.15) is 20.3 Å². The van der Waals surface area contributed by atoms with Gasteiger partial charge in [-0.3, -0.25) is 9.59 Å². The van der Waals surface area contributed by atoms with Gasteiger partial charge < -0.3 is 19.9 Å². The van der Waals surface area contributed by atoms with Gasteiger partial charge in [-0.1, -0.05) is 11.6 Å². The van der Waals surface area contributed by atoms with Crippen molar-refractivity contribution in [2.24, 2.45) is 0 Å². The third-order valence-corrected chi connectivity index (χ3v) is 4.59. The van der Waals surface area contributed by atoms with Crippen molar-refractivity contribution in [3.05, 3.63) is 23.2 Å². The first-order valence-electron chi connectivity index (χ1n) is 8.17. The first kappa shape index (κ1) is 17.0. The lowest BCUT2D eigenvalue weighted by Gasteiger charge is -2.39. The summed E-state index contributed by atoms with van der Waals surface area (Å²) in [5.41, 5.74) is -0.334. The number of ether oxygens (including phenoxy) is 1. The lowest BCUT2D eigenvalue weighted by molar-refractivity contribution is -0.133. The molecule has 24 heavy (non-hydrogen) atoms. The number of nitrogens with one attached hydrogen (secondary N) is 1. The average Bonchev–Trinajstić information content (AvgIpc) is 2.56. The van der Waals surface area contributed by atoms with E-state index in [9.17, 15) is 9.59 Å². The zero-order chi connectivity index (χ0) is 17.3. The standard InChI is InChI=1S/C17H22ClN3O3/c1-17(2)16(23)21(13-11-12(18)3-4-14(13)24-17)8-5-15(22)20-9-6-19-7-10-20/h3-4,11,19H,5-10H2,1-2H3. The molecule has 0 aliphatic carbocycles. The summed E-state index contributed by atoms with van der Waals surface area (Å²) in [6.07, 6.45) is 0.285. The number of halogens is 1. The second-order valence-electron chi connectivity index (χ2n) is 6.56. The number of nitrogens with zero attached hydrogens (tertiary/aromatic N) is 2. The van der Waals surface area contributed by atoms with Crippen LogP contribution in [0.3, 0.4) is 0 Å². The van der Waals surface area contributed by atoms with Crippen molar-refractivity contribution in [1.29, 1.82) is 0 Å². The van der Waals surface area contributed by atoms with Crippen LogP contribution in [0.2, 0.25) is 5.02 Å². The van der Waals surface area contributed by atoms with Gasteiger partial charge in [0.1, 0.15) is 5.75 Å². The van der Waals surface area contributed by atoms with E-state index < -0.39 is 5.60 Å². The number of hydrogen-bond donors (Lipinski definition) is 1.